The summed E-state index contributed by atoms with van der Waals surface area (Å²) in [5.41, 5.74) is 0. The molecule has 1 rings (SSSR count). The van der Waals surface area contributed by atoms with Crippen LogP contribution in [0.3, 0.4) is 0 Å². The highest BCUT2D eigenvalue weighted by molar-refractivity contribution is 9.09. The predicted octanol–water partition coefficient (Wildman–Crippen LogP) is 2.26. The summed E-state index contributed by atoms with van der Waals surface area (Å²) in [7, 11) is 0. The van der Waals surface area contributed by atoms with E-state index in [4.69, 9.17) is 19.7 Å². The predicted molar refractivity (Wildman–Crippen MR) is 60.7 cm³/mol. The van der Waals surface area contributed by atoms with Gasteiger partial charge in [-0.15, -0.1) is 0 Å². The van der Waals surface area contributed by atoms with E-state index in [1.165, 1.54) is 0 Å². The maximum Gasteiger partial charge on any atom is 0.300 e. The van der Waals surface area contributed by atoms with Crippen molar-refractivity contribution in [2.75, 3.05) is 11.9 Å². The van der Waals surface area contributed by atoms with E-state index in [1.54, 1.807) is 24.3 Å². The van der Waals surface area contributed by atoms with E-state index in [0.29, 0.717) is 6.61 Å². The Bertz CT molecular complexity index is 280. The van der Waals surface area contributed by atoms with Gasteiger partial charge >= 0.3 is 0 Å². The van der Waals surface area contributed by atoms with Crippen LogP contribution in [0.5, 0.6) is 11.5 Å². The number of hydrogen-bond donors (Lipinski definition) is 2. The number of carbonyl (C=O) groups is 1. The van der Waals surface area contributed by atoms with Crippen LogP contribution in [0.15, 0.2) is 24.3 Å². The molecule has 2 N–H and O–H groups in total. The molecule has 15 heavy (non-hydrogen) atoms. The first-order valence-electron chi connectivity index (χ1n) is 4.23. The van der Waals surface area contributed by atoms with Gasteiger partial charge in [0.15, 0.2) is 0 Å². The molecule has 0 unspecified atom stereocenters. The molecule has 0 saturated carbocycles. The van der Waals surface area contributed by atoms with Gasteiger partial charge in [0.25, 0.3) is 5.97 Å². The molecule has 1 aromatic carbocycles. The number of halogens is 1. The van der Waals surface area contributed by atoms with Crippen molar-refractivity contribution in [2.45, 2.75) is 6.92 Å². The largest absolute Gasteiger partial charge is 0.508 e. The Kier molecular flexibility index (Phi) is 7.44. The summed E-state index contributed by atoms with van der Waals surface area (Å²) in [5.74, 6) is 0.207. The zero-order chi connectivity index (χ0) is 11.7. The molecule has 4 nitrogen and oxygen atoms in total. The first kappa shape index (κ1) is 13.8. The molecule has 0 saturated heterocycles. The minimum absolute atomic E-state index is 0.260. The van der Waals surface area contributed by atoms with Crippen molar-refractivity contribution in [2.24, 2.45) is 0 Å². The molecule has 0 aliphatic rings. The van der Waals surface area contributed by atoms with Crippen LogP contribution in [0.1, 0.15) is 6.92 Å². The average Bonchev–Trinajstić information content (AvgIpc) is 2.16. The molecule has 0 heterocycles. The average molecular weight is 277 g/mol. The Morgan fingerprint density at radius 3 is 2.27 bits per heavy atom. The molecule has 0 bridgehead atoms. The van der Waals surface area contributed by atoms with Gasteiger partial charge < -0.3 is 14.9 Å². The molecule has 0 aromatic heterocycles. The number of rotatable bonds is 3. The van der Waals surface area contributed by atoms with E-state index in [1.807, 2.05) is 0 Å². The number of aliphatic carboxylic acids is 1. The number of carboxylic acids is 1. The Hall–Kier alpha value is -1.23. The van der Waals surface area contributed by atoms with Gasteiger partial charge in [0.1, 0.15) is 11.5 Å². The van der Waals surface area contributed by atoms with E-state index in [2.05, 4.69) is 15.9 Å². The maximum atomic E-state index is 9.00. The second kappa shape index (κ2) is 8.11. The van der Waals surface area contributed by atoms with Gasteiger partial charge in [0.05, 0.1) is 6.61 Å². The third-order valence-corrected chi connectivity index (χ3v) is 1.51. The van der Waals surface area contributed by atoms with E-state index in [-0.39, 0.29) is 5.75 Å². The molecule has 0 aliphatic carbocycles. The van der Waals surface area contributed by atoms with Crippen LogP contribution in [0.2, 0.25) is 0 Å². The topological polar surface area (TPSA) is 66.8 Å². The normalized spacial score (nSPS) is 8.67. The van der Waals surface area contributed by atoms with Gasteiger partial charge in [-0.25, -0.2) is 0 Å². The molecule has 1 aromatic rings. The summed E-state index contributed by atoms with van der Waals surface area (Å²) in [5, 5.41) is 17.1. The Labute approximate surface area is 96.6 Å². The second-order valence-electron chi connectivity index (χ2n) is 2.55. The van der Waals surface area contributed by atoms with Crippen LogP contribution in [0.4, 0.5) is 0 Å². The van der Waals surface area contributed by atoms with E-state index in [9.17, 15) is 0 Å². The first-order chi connectivity index (χ1) is 7.06. The molecule has 0 amide bonds. The Morgan fingerprint density at radius 2 is 1.87 bits per heavy atom. The van der Waals surface area contributed by atoms with E-state index >= 15 is 0 Å². The zero-order valence-electron chi connectivity index (χ0n) is 8.31. The van der Waals surface area contributed by atoms with Crippen molar-refractivity contribution in [1.82, 2.24) is 0 Å². The number of alkyl halides is 1. The highest BCUT2D eigenvalue weighted by Gasteiger charge is 1.91. The highest BCUT2D eigenvalue weighted by Crippen LogP contribution is 2.15. The molecule has 0 fully saturated rings. The lowest BCUT2D eigenvalue weighted by atomic mass is 10.3. The molecule has 5 heteroatoms. The molecular formula is C10H13BrO4. The molecule has 0 atom stereocenters. The number of benzene rings is 1. The molecule has 0 aliphatic heterocycles. The number of aromatic hydroxyl groups is 1. The highest BCUT2D eigenvalue weighted by atomic mass is 79.9. The quantitative estimate of drug-likeness (QED) is 0.832. The second-order valence-corrected chi connectivity index (χ2v) is 3.34. The number of carboxylic acid groups (broad SMARTS) is 1. The van der Waals surface area contributed by atoms with Crippen molar-refractivity contribution >= 4 is 21.9 Å². The number of hydrogen-bond acceptors (Lipinski definition) is 3. The van der Waals surface area contributed by atoms with Crippen LogP contribution in [0.25, 0.3) is 0 Å². The van der Waals surface area contributed by atoms with Gasteiger partial charge in [0, 0.05) is 12.3 Å². The summed E-state index contributed by atoms with van der Waals surface area (Å²) in [6, 6.07) is 6.67. The fourth-order valence-corrected chi connectivity index (χ4v) is 0.861. The van der Waals surface area contributed by atoms with Crippen LogP contribution in [-0.2, 0) is 4.79 Å². The van der Waals surface area contributed by atoms with E-state index < -0.39 is 5.97 Å². The smallest absolute Gasteiger partial charge is 0.300 e. The molecule has 84 valence electrons. The number of phenols is 1. The van der Waals surface area contributed by atoms with Gasteiger partial charge in [-0.05, 0) is 24.3 Å². The third kappa shape index (κ3) is 9.08. The number of phenolic OH excluding ortho intramolecular Hbond substituents is 1. The Morgan fingerprint density at radius 1 is 1.40 bits per heavy atom. The van der Waals surface area contributed by atoms with Gasteiger partial charge in [-0.3, -0.25) is 4.79 Å². The third-order valence-electron chi connectivity index (χ3n) is 1.18. The summed E-state index contributed by atoms with van der Waals surface area (Å²) in [4.78, 5) is 9.00. The SMILES string of the molecule is CC(=O)O.Oc1ccc(OCCBr)cc1. The maximum absolute atomic E-state index is 9.00. The fourth-order valence-electron chi connectivity index (χ4n) is 0.699. The monoisotopic (exact) mass is 276 g/mol. The lowest BCUT2D eigenvalue weighted by Crippen LogP contribution is -1.96. The minimum atomic E-state index is -0.833. The summed E-state index contributed by atoms with van der Waals surface area (Å²) < 4.78 is 5.25. The standard InChI is InChI=1S/C8H9BrO2.C2H4O2/c9-5-6-11-8-3-1-7(10)2-4-8;1-2(3)4/h1-4,10H,5-6H2;1H3,(H,3,4). The van der Waals surface area contributed by atoms with Crippen LogP contribution < -0.4 is 4.74 Å². The lowest BCUT2D eigenvalue weighted by Gasteiger charge is -2.02. The van der Waals surface area contributed by atoms with Gasteiger partial charge in [-0.2, -0.15) is 0 Å². The van der Waals surface area contributed by atoms with Gasteiger partial charge in [-0.1, -0.05) is 15.9 Å². The van der Waals surface area contributed by atoms with Crippen LogP contribution in [-0.4, -0.2) is 28.1 Å². The fraction of sp³-hybridized carbons (Fsp3) is 0.300. The summed E-state index contributed by atoms with van der Waals surface area (Å²) in [6.45, 7) is 1.73. The summed E-state index contributed by atoms with van der Waals surface area (Å²) >= 11 is 3.25. The number of ether oxygens (including phenoxy) is 1. The van der Waals surface area contributed by atoms with E-state index in [0.717, 1.165) is 18.0 Å². The van der Waals surface area contributed by atoms with Crippen molar-refractivity contribution < 1.29 is 19.7 Å². The minimum Gasteiger partial charge on any atom is -0.508 e. The zero-order valence-corrected chi connectivity index (χ0v) is 9.90. The van der Waals surface area contributed by atoms with Crippen molar-refractivity contribution in [3.05, 3.63) is 24.3 Å². The van der Waals surface area contributed by atoms with Crippen molar-refractivity contribution in [1.29, 1.82) is 0 Å². The lowest BCUT2D eigenvalue weighted by molar-refractivity contribution is -0.134. The van der Waals surface area contributed by atoms with Crippen molar-refractivity contribution in [3.8, 4) is 11.5 Å². The van der Waals surface area contributed by atoms with Crippen molar-refractivity contribution in [3.63, 3.8) is 0 Å². The molecular weight excluding hydrogens is 264 g/mol. The first-order valence-corrected chi connectivity index (χ1v) is 5.35. The van der Waals surface area contributed by atoms with Gasteiger partial charge in [0.2, 0.25) is 0 Å². The van der Waals surface area contributed by atoms with Crippen LogP contribution in [0, 0.1) is 0 Å². The van der Waals surface area contributed by atoms with Crippen LogP contribution >= 0.6 is 15.9 Å². The summed E-state index contributed by atoms with van der Waals surface area (Å²) in [6.07, 6.45) is 0. The molecule has 0 radical (unpaired) electrons. The molecule has 0 spiro atoms. The Balaban J connectivity index is 0.000000423.